The quantitative estimate of drug-likeness (QED) is 0.384. The van der Waals surface area contributed by atoms with Crippen molar-refractivity contribution in [3.05, 3.63) is 11.4 Å². The molecule has 0 heterocycles. The molecule has 0 rings (SSSR count). The first-order valence-corrected chi connectivity index (χ1v) is 4.48. The van der Waals surface area contributed by atoms with Crippen LogP contribution in [0.3, 0.4) is 0 Å². The van der Waals surface area contributed by atoms with E-state index in [-0.39, 0.29) is 0 Å². The molecule has 1 atom stereocenters. The van der Waals surface area contributed by atoms with Crippen molar-refractivity contribution in [1.29, 1.82) is 0 Å². The Labute approximate surface area is 61.0 Å². The minimum atomic E-state index is 0.895. The van der Waals surface area contributed by atoms with Crippen LogP contribution in [0.5, 0.6) is 0 Å². The lowest BCUT2D eigenvalue weighted by molar-refractivity contribution is 1.42. The molecule has 0 aliphatic rings. The smallest absolute Gasteiger partial charge is 0.151 e. The van der Waals surface area contributed by atoms with Crippen LogP contribution in [0.4, 0.5) is 0 Å². The Morgan fingerprint density at radius 2 is 2.29 bits per heavy atom. The molecular formula is C4H8BIP. The van der Waals surface area contributed by atoms with E-state index in [1.54, 1.807) is 0 Å². The van der Waals surface area contributed by atoms with Crippen LogP contribution in [0, 0.1) is 0 Å². The number of halogens is 1. The predicted molar refractivity (Wildman–Crippen MR) is 47.5 cm³/mol. The zero-order chi connectivity index (χ0) is 5.70. The highest BCUT2D eigenvalue weighted by Crippen LogP contribution is 2.13. The number of allylic oxidation sites excluding steroid dienone is 1. The summed E-state index contributed by atoms with van der Waals surface area (Å²) >= 11 is 2.26. The maximum atomic E-state index is 2.26. The average molecular weight is 225 g/mol. The molecule has 0 N–H and O–H groups in total. The van der Waals surface area contributed by atoms with E-state index in [0.717, 1.165) is 8.46 Å². The molecule has 0 aliphatic heterocycles. The molecule has 0 aromatic heterocycles. The van der Waals surface area contributed by atoms with Gasteiger partial charge in [-0.1, -0.05) is 11.4 Å². The van der Waals surface area contributed by atoms with Gasteiger partial charge in [0, 0.05) is 0 Å². The fourth-order valence-corrected chi connectivity index (χ4v) is 1.13. The lowest BCUT2D eigenvalue weighted by atomic mass is 10.4. The van der Waals surface area contributed by atoms with Crippen molar-refractivity contribution in [2.24, 2.45) is 0 Å². The number of hydrogen-bond donors (Lipinski definition) is 0. The van der Waals surface area contributed by atoms with E-state index in [1.165, 1.54) is 5.57 Å². The number of rotatable bonds is 2. The van der Waals surface area contributed by atoms with Gasteiger partial charge in [-0.15, -0.1) is 8.46 Å². The minimum absolute atomic E-state index is 0.895. The summed E-state index contributed by atoms with van der Waals surface area (Å²) < 4.78 is 0. The first-order valence-electron chi connectivity index (χ1n) is 2.08. The van der Waals surface area contributed by atoms with Crippen molar-refractivity contribution in [2.45, 2.75) is 13.8 Å². The van der Waals surface area contributed by atoms with E-state index < -0.39 is 0 Å². The number of hydrogen-bond acceptors (Lipinski definition) is 0. The molecule has 0 aliphatic carbocycles. The normalized spacial score (nSPS) is 9.57. The second-order valence-electron chi connectivity index (χ2n) is 1.50. The summed E-state index contributed by atoms with van der Waals surface area (Å²) in [5, 5.41) is 0. The first-order chi connectivity index (χ1) is 3.27. The molecule has 1 unspecified atom stereocenters. The Bertz CT molecular complexity index is 68.1. The van der Waals surface area contributed by atoms with E-state index in [9.17, 15) is 0 Å². The van der Waals surface area contributed by atoms with Gasteiger partial charge in [-0.2, -0.15) is 22.4 Å². The van der Waals surface area contributed by atoms with E-state index >= 15 is 0 Å². The molecule has 0 saturated carbocycles. The highest BCUT2D eigenvalue weighted by atomic mass is 127. The minimum Gasteiger partial charge on any atom is -0.151 e. The summed E-state index contributed by atoms with van der Waals surface area (Å²) in [7, 11) is 0.895. The molecule has 0 aromatic rings. The molecule has 0 fully saturated rings. The summed E-state index contributed by atoms with van der Waals surface area (Å²) in [6, 6.07) is 0. The van der Waals surface area contributed by atoms with Gasteiger partial charge in [0.2, 0.25) is 4.86 Å². The van der Waals surface area contributed by atoms with Gasteiger partial charge in [0.05, 0.1) is 0 Å². The second-order valence-corrected chi connectivity index (χ2v) is 4.21. The highest BCUT2D eigenvalue weighted by molar-refractivity contribution is 14.1. The molecular weight excluding hydrogens is 217 g/mol. The van der Waals surface area contributed by atoms with E-state index in [4.69, 9.17) is 0 Å². The molecule has 0 nitrogen and oxygen atoms in total. The van der Waals surface area contributed by atoms with Gasteiger partial charge in [0.15, 0.2) is 0 Å². The van der Waals surface area contributed by atoms with Gasteiger partial charge in [-0.25, -0.2) is 0 Å². The van der Waals surface area contributed by atoms with Gasteiger partial charge >= 0.3 is 0 Å². The Morgan fingerprint density at radius 3 is 2.43 bits per heavy atom. The highest BCUT2D eigenvalue weighted by Gasteiger charge is 1.76. The van der Waals surface area contributed by atoms with Crippen molar-refractivity contribution in [2.75, 3.05) is 0 Å². The topological polar surface area (TPSA) is 0 Å². The molecule has 7 heavy (non-hydrogen) atoms. The largest absolute Gasteiger partial charge is 0.234 e. The van der Waals surface area contributed by atoms with Gasteiger partial charge < -0.3 is 0 Å². The molecule has 0 saturated heterocycles. The maximum Gasteiger partial charge on any atom is 0.234 e. The Hall–Kier alpha value is 0.965. The van der Waals surface area contributed by atoms with E-state index in [1.807, 2.05) is 0 Å². The summed E-state index contributed by atoms with van der Waals surface area (Å²) in [5.41, 5.74) is 1.41. The molecule has 0 aromatic carbocycles. The van der Waals surface area contributed by atoms with Gasteiger partial charge in [-0.05, 0) is 13.8 Å². The molecule has 1 radical (unpaired) electrons. The van der Waals surface area contributed by atoms with Crippen LogP contribution >= 0.6 is 30.8 Å². The van der Waals surface area contributed by atoms with Crippen LogP contribution in [0.15, 0.2) is 11.4 Å². The van der Waals surface area contributed by atoms with Crippen molar-refractivity contribution in [1.82, 2.24) is 0 Å². The maximum absolute atomic E-state index is 2.26. The van der Waals surface area contributed by atoms with Gasteiger partial charge in [-0.3, -0.25) is 0 Å². The average Bonchev–Trinajstić information content (AvgIpc) is 1.61. The molecule has 3 heteroatoms. The standard InChI is InChI=1S/C4H8BIP/c1-4(2)3-7-5-6/h3,7H,1-2H3. The zero-order valence-electron chi connectivity index (χ0n) is 4.53. The summed E-state index contributed by atoms with van der Waals surface area (Å²) in [6.07, 6.45) is 0. The Morgan fingerprint density at radius 1 is 1.71 bits per heavy atom. The molecule has 0 amide bonds. The molecule has 39 valence electrons. The van der Waals surface area contributed by atoms with Crippen LogP contribution in [0.1, 0.15) is 13.8 Å². The predicted octanol–water partition coefficient (Wildman–Crippen LogP) is 2.56. The Kier molecular flexibility index (Phi) is 5.81. The van der Waals surface area contributed by atoms with Crippen molar-refractivity contribution in [3.8, 4) is 0 Å². The van der Waals surface area contributed by atoms with Crippen LogP contribution in [-0.2, 0) is 0 Å². The third kappa shape index (κ3) is 6.96. The zero-order valence-corrected chi connectivity index (χ0v) is 7.69. The fraction of sp³-hybridized carbons (Fsp3) is 0.500. The molecule has 0 spiro atoms. The van der Waals surface area contributed by atoms with Gasteiger partial charge in [0.25, 0.3) is 0 Å². The second kappa shape index (κ2) is 5.11. The monoisotopic (exact) mass is 225 g/mol. The fourth-order valence-electron chi connectivity index (χ4n) is 0.198. The van der Waals surface area contributed by atoms with Crippen molar-refractivity contribution in [3.63, 3.8) is 0 Å². The van der Waals surface area contributed by atoms with Crippen molar-refractivity contribution >= 4 is 35.7 Å². The van der Waals surface area contributed by atoms with E-state index in [0.29, 0.717) is 0 Å². The summed E-state index contributed by atoms with van der Waals surface area (Å²) in [4.78, 5) is 2.14. The first kappa shape index (κ1) is 7.96. The summed E-state index contributed by atoms with van der Waals surface area (Å²) in [6.45, 7) is 4.24. The lowest BCUT2D eigenvalue weighted by Crippen LogP contribution is -1.58. The SMILES string of the molecule is CC(C)=CP[B]I. The third-order valence-electron chi connectivity index (χ3n) is 0.435. The van der Waals surface area contributed by atoms with E-state index in [2.05, 4.69) is 46.9 Å². The van der Waals surface area contributed by atoms with Crippen molar-refractivity contribution < 1.29 is 0 Å². The van der Waals surface area contributed by atoms with Crippen LogP contribution < -0.4 is 0 Å². The molecule has 0 bridgehead atoms. The lowest BCUT2D eigenvalue weighted by Gasteiger charge is -1.83. The van der Waals surface area contributed by atoms with Crippen LogP contribution in [0.2, 0.25) is 0 Å². The van der Waals surface area contributed by atoms with Gasteiger partial charge in [0.1, 0.15) is 0 Å². The Balaban J connectivity index is 3.08. The van der Waals surface area contributed by atoms with Crippen LogP contribution in [0.25, 0.3) is 0 Å². The third-order valence-corrected chi connectivity index (χ3v) is 2.38. The summed E-state index contributed by atoms with van der Waals surface area (Å²) in [5.74, 6) is 2.23. The van der Waals surface area contributed by atoms with Crippen LogP contribution in [-0.4, -0.2) is 4.86 Å².